The summed E-state index contributed by atoms with van der Waals surface area (Å²) < 4.78 is 6.72. The second kappa shape index (κ2) is 9.87. The van der Waals surface area contributed by atoms with E-state index in [1.54, 1.807) is 14.2 Å². The summed E-state index contributed by atoms with van der Waals surface area (Å²) in [6.07, 6.45) is 6.08. The van der Waals surface area contributed by atoms with Gasteiger partial charge in [0, 0.05) is 53.1 Å². The summed E-state index contributed by atoms with van der Waals surface area (Å²) >= 11 is 0. The summed E-state index contributed by atoms with van der Waals surface area (Å²) in [4.78, 5) is 18.3. The smallest absolute Gasteiger partial charge is 0.239 e. The van der Waals surface area contributed by atoms with Gasteiger partial charge in [-0.2, -0.15) is 5.10 Å². The van der Waals surface area contributed by atoms with E-state index in [1.807, 2.05) is 24.1 Å². The highest BCUT2D eigenvalue weighted by Crippen LogP contribution is 2.18. The van der Waals surface area contributed by atoms with Crippen LogP contribution in [0.1, 0.15) is 12.8 Å². The molecule has 1 aromatic rings. The Morgan fingerprint density at radius 2 is 2.32 bits per heavy atom. The Hall–Kier alpha value is -2.29. The molecule has 2 rings (SSSR count). The molecule has 2 heterocycles. The number of hydrogen-bond acceptors (Lipinski definition) is 5. The van der Waals surface area contributed by atoms with E-state index in [4.69, 9.17) is 4.74 Å². The molecule has 9 nitrogen and oxygen atoms in total. The van der Waals surface area contributed by atoms with Crippen LogP contribution in [0.25, 0.3) is 0 Å². The fourth-order valence-corrected chi connectivity index (χ4v) is 2.81. The SMILES string of the molecule is CN=C(NCC(=O)NCCOC)NC1CCCN(c2cnn(C)c2)C1. The van der Waals surface area contributed by atoms with Gasteiger partial charge in [-0.3, -0.25) is 14.5 Å². The number of nitrogens with one attached hydrogen (secondary N) is 3. The third kappa shape index (κ3) is 6.26. The third-order valence-corrected chi connectivity index (χ3v) is 4.09. The first-order chi connectivity index (χ1) is 12.1. The molecule has 1 aromatic heterocycles. The Kier molecular flexibility index (Phi) is 7.52. The summed E-state index contributed by atoms with van der Waals surface area (Å²) in [6.45, 7) is 3.10. The number of hydrogen-bond donors (Lipinski definition) is 3. The van der Waals surface area contributed by atoms with Gasteiger partial charge in [-0.25, -0.2) is 0 Å². The zero-order chi connectivity index (χ0) is 18.1. The first-order valence-corrected chi connectivity index (χ1v) is 8.58. The number of aliphatic imine (C=N–C) groups is 1. The van der Waals surface area contributed by atoms with Crippen molar-refractivity contribution in [1.82, 2.24) is 25.7 Å². The lowest BCUT2D eigenvalue weighted by Gasteiger charge is -2.34. The van der Waals surface area contributed by atoms with E-state index in [1.165, 1.54) is 0 Å². The summed E-state index contributed by atoms with van der Waals surface area (Å²) in [5.74, 6) is 0.556. The van der Waals surface area contributed by atoms with Crippen LogP contribution in [0, 0.1) is 0 Å². The Morgan fingerprint density at radius 1 is 1.48 bits per heavy atom. The van der Waals surface area contributed by atoms with Gasteiger partial charge in [0.25, 0.3) is 0 Å². The van der Waals surface area contributed by atoms with Crippen molar-refractivity contribution in [3.63, 3.8) is 0 Å². The Bertz CT molecular complexity index is 573. The molecule has 1 atom stereocenters. The minimum absolute atomic E-state index is 0.0827. The minimum Gasteiger partial charge on any atom is -0.383 e. The van der Waals surface area contributed by atoms with Gasteiger partial charge in [0.1, 0.15) is 0 Å². The van der Waals surface area contributed by atoms with Gasteiger partial charge in [-0.1, -0.05) is 0 Å². The topological polar surface area (TPSA) is 95.8 Å². The fraction of sp³-hybridized carbons (Fsp3) is 0.688. The molecule has 3 N–H and O–H groups in total. The van der Waals surface area contributed by atoms with Crippen molar-refractivity contribution >= 4 is 17.6 Å². The number of methoxy groups -OCH3 is 1. The van der Waals surface area contributed by atoms with Crippen LogP contribution in [0.2, 0.25) is 0 Å². The highest BCUT2D eigenvalue weighted by Gasteiger charge is 2.21. The van der Waals surface area contributed by atoms with Crippen molar-refractivity contribution in [3.8, 4) is 0 Å². The maximum Gasteiger partial charge on any atom is 0.239 e. The molecule has 0 radical (unpaired) electrons. The number of carbonyl (C=O) groups excluding carboxylic acids is 1. The van der Waals surface area contributed by atoms with E-state index in [0.29, 0.717) is 19.1 Å². The molecule has 0 aliphatic carbocycles. The number of anilines is 1. The number of carbonyl (C=O) groups is 1. The van der Waals surface area contributed by atoms with Crippen LogP contribution in [-0.2, 0) is 16.6 Å². The molecule has 1 aliphatic heterocycles. The van der Waals surface area contributed by atoms with E-state index in [0.717, 1.165) is 31.6 Å². The van der Waals surface area contributed by atoms with Gasteiger partial charge >= 0.3 is 0 Å². The van der Waals surface area contributed by atoms with E-state index < -0.39 is 0 Å². The van der Waals surface area contributed by atoms with Crippen molar-refractivity contribution in [2.24, 2.45) is 12.0 Å². The number of piperidine rings is 1. The molecule has 1 aliphatic rings. The van der Waals surface area contributed by atoms with Crippen molar-refractivity contribution < 1.29 is 9.53 Å². The molecular weight excluding hydrogens is 322 g/mol. The van der Waals surface area contributed by atoms with Crippen LogP contribution in [0.5, 0.6) is 0 Å². The van der Waals surface area contributed by atoms with Gasteiger partial charge in [0.2, 0.25) is 5.91 Å². The average molecular weight is 351 g/mol. The number of aryl methyl sites for hydroxylation is 1. The van der Waals surface area contributed by atoms with E-state index in [2.05, 4.69) is 30.9 Å². The molecule has 1 amide bonds. The molecule has 25 heavy (non-hydrogen) atoms. The van der Waals surface area contributed by atoms with Gasteiger partial charge in [0.15, 0.2) is 5.96 Å². The summed E-state index contributed by atoms with van der Waals surface area (Å²) in [5.41, 5.74) is 1.13. The van der Waals surface area contributed by atoms with Gasteiger partial charge < -0.3 is 25.6 Å². The lowest BCUT2D eigenvalue weighted by molar-refractivity contribution is -0.120. The largest absolute Gasteiger partial charge is 0.383 e. The Labute approximate surface area is 148 Å². The molecule has 0 aromatic carbocycles. The molecule has 9 heteroatoms. The van der Waals surface area contributed by atoms with Crippen LogP contribution in [-0.4, -0.2) is 74.6 Å². The second-order valence-electron chi connectivity index (χ2n) is 6.07. The standard InChI is InChI=1S/C16H29N7O2/c1-17-16(19-10-15(24)18-6-8-25-3)21-13-5-4-7-23(11-13)14-9-20-22(2)12-14/h9,12-13H,4-8,10-11H2,1-3H3,(H,18,24)(H2,17,19,21). The number of amides is 1. The van der Waals surface area contributed by atoms with Crippen molar-refractivity contribution in [3.05, 3.63) is 12.4 Å². The van der Waals surface area contributed by atoms with Crippen molar-refractivity contribution in [2.45, 2.75) is 18.9 Å². The minimum atomic E-state index is -0.0827. The van der Waals surface area contributed by atoms with E-state index in [-0.39, 0.29) is 18.5 Å². The monoisotopic (exact) mass is 351 g/mol. The lowest BCUT2D eigenvalue weighted by Crippen LogP contribution is -2.52. The number of aromatic nitrogens is 2. The molecule has 140 valence electrons. The van der Waals surface area contributed by atoms with Crippen molar-refractivity contribution in [2.75, 3.05) is 51.8 Å². The number of rotatable bonds is 7. The summed E-state index contributed by atoms with van der Waals surface area (Å²) in [5, 5.41) is 13.5. The van der Waals surface area contributed by atoms with Crippen LogP contribution in [0.3, 0.4) is 0 Å². The molecule has 0 spiro atoms. The predicted molar refractivity (Wildman–Crippen MR) is 97.8 cm³/mol. The molecule has 1 saturated heterocycles. The average Bonchev–Trinajstić information content (AvgIpc) is 3.05. The van der Waals surface area contributed by atoms with Crippen molar-refractivity contribution in [1.29, 1.82) is 0 Å². The van der Waals surface area contributed by atoms with Gasteiger partial charge in [-0.15, -0.1) is 0 Å². The molecule has 0 saturated carbocycles. The Balaban J connectivity index is 1.77. The molecular formula is C16H29N7O2. The maximum atomic E-state index is 11.7. The molecule has 0 bridgehead atoms. The Morgan fingerprint density at radius 3 is 3.00 bits per heavy atom. The van der Waals surface area contributed by atoms with E-state index in [9.17, 15) is 4.79 Å². The normalized spacial score (nSPS) is 18.1. The van der Waals surface area contributed by atoms with Crippen LogP contribution >= 0.6 is 0 Å². The molecule has 1 unspecified atom stereocenters. The maximum absolute atomic E-state index is 11.7. The number of ether oxygens (including phenoxy) is 1. The second-order valence-corrected chi connectivity index (χ2v) is 6.07. The molecule has 1 fully saturated rings. The fourth-order valence-electron chi connectivity index (χ4n) is 2.81. The van der Waals surface area contributed by atoms with Crippen LogP contribution < -0.4 is 20.9 Å². The highest BCUT2D eigenvalue weighted by molar-refractivity contribution is 5.86. The predicted octanol–water partition coefficient (Wildman–Crippen LogP) is -0.683. The summed E-state index contributed by atoms with van der Waals surface area (Å²) in [6, 6.07) is 0.275. The first-order valence-electron chi connectivity index (χ1n) is 8.58. The zero-order valence-corrected chi connectivity index (χ0v) is 15.3. The first kappa shape index (κ1) is 19.0. The summed E-state index contributed by atoms with van der Waals surface area (Å²) in [7, 11) is 5.24. The number of nitrogens with zero attached hydrogens (tertiary/aromatic N) is 4. The highest BCUT2D eigenvalue weighted by atomic mass is 16.5. The zero-order valence-electron chi connectivity index (χ0n) is 15.3. The van der Waals surface area contributed by atoms with Gasteiger partial charge in [0.05, 0.1) is 25.0 Å². The number of guanidine groups is 1. The lowest BCUT2D eigenvalue weighted by atomic mass is 10.1. The third-order valence-electron chi connectivity index (χ3n) is 4.09. The van der Waals surface area contributed by atoms with E-state index >= 15 is 0 Å². The quantitative estimate of drug-likeness (QED) is 0.342. The van der Waals surface area contributed by atoms with Crippen LogP contribution in [0.15, 0.2) is 17.4 Å². The van der Waals surface area contributed by atoms with Gasteiger partial charge in [-0.05, 0) is 12.8 Å². The van der Waals surface area contributed by atoms with Crippen LogP contribution in [0.4, 0.5) is 5.69 Å².